The molecule has 0 aliphatic carbocycles. The number of ether oxygens (including phenoxy) is 3. The molecule has 0 fully saturated rings. The zero-order chi connectivity index (χ0) is 18.6. The Bertz CT molecular complexity index is 1010. The number of aromatic amines is 1. The molecule has 0 saturated heterocycles. The Morgan fingerprint density at radius 2 is 1.78 bits per heavy atom. The van der Waals surface area contributed by atoms with Gasteiger partial charge in [-0.1, -0.05) is 48.5 Å². The number of benzene rings is 2. The summed E-state index contributed by atoms with van der Waals surface area (Å²) in [5.74, 6) is -1.10. The molecule has 1 aliphatic heterocycles. The van der Waals surface area contributed by atoms with Gasteiger partial charge < -0.3 is 19.2 Å². The number of hydrogen-bond acceptors (Lipinski definition) is 5. The summed E-state index contributed by atoms with van der Waals surface area (Å²) in [6.07, 6.45) is 1.75. The predicted molar refractivity (Wildman–Crippen MR) is 97.9 cm³/mol. The maximum absolute atomic E-state index is 13.2. The molecule has 1 atom stereocenters. The topological polar surface area (TPSA) is 77.6 Å². The number of esters is 1. The summed E-state index contributed by atoms with van der Waals surface area (Å²) >= 11 is 0. The molecule has 6 heteroatoms. The molecule has 1 aromatic heterocycles. The van der Waals surface area contributed by atoms with Crippen LogP contribution in [0.25, 0.3) is 10.9 Å². The van der Waals surface area contributed by atoms with Gasteiger partial charge in [0.25, 0.3) is 0 Å². The van der Waals surface area contributed by atoms with Crippen LogP contribution < -0.4 is 0 Å². The first-order valence-corrected chi connectivity index (χ1v) is 8.55. The van der Waals surface area contributed by atoms with Crippen LogP contribution in [0.5, 0.6) is 0 Å². The lowest BCUT2D eigenvalue weighted by molar-refractivity contribution is -0.148. The summed E-state index contributed by atoms with van der Waals surface area (Å²) in [7, 11) is 0. The number of Topliss-reactive ketones (excluding diaryl/α,β-unsaturated/α-hetero) is 1. The molecule has 0 bridgehead atoms. The van der Waals surface area contributed by atoms with Crippen LogP contribution in [-0.4, -0.2) is 30.0 Å². The highest BCUT2D eigenvalue weighted by atomic mass is 16.6. The average molecular weight is 363 g/mol. The third-order valence-electron chi connectivity index (χ3n) is 4.27. The molecule has 1 N–H and O–H groups in total. The van der Waals surface area contributed by atoms with Crippen molar-refractivity contribution in [2.75, 3.05) is 13.2 Å². The molecule has 6 nitrogen and oxygen atoms in total. The van der Waals surface area contributed by atoms with Crippen LogP contribution in [0, 0.1) is 0 Å². The Labute approximate surface area is 155 Å². The summed E-state index contributed by atoms with van der Waals surface area (Å²) in [6, 6.07) is 16.4. The van der Waals surface area contributed by atoms with Gasteiger partial charge in [0.15, 0.2) is 6.10 Å². The van der Waals surface area contributed by atoms with E-state index in [-0.39, 0.29) is 18.1 Å². The SMILES string of the molecule is O=C(O[C@@H](C(=O)c1c[nH]c2ccccc12)c1ccccc1)C1=COCCO1. The van der Waals surface area contributed by atoms with Crippen LogP contribution in [0.1, 0.15) is 22.0 Å². The number of hydrogen-bond donors (Lipinski definition) is 1. The fraction of sp³-hybridized carbons (Fsp3) is 0.143. The number of carbonyl (C=O) groups excluding carboxylic acids is 2. The molecule has 0 unspecified atom stereocenters. The molecule has 3 aromatic rings. The lowest BCUT2D eigenvalue weighted by atomic mass is 9.99. The monoisotopic (exact) mass is 363 g/mol. The standard InChI is InChI=1S/C21H17NO5/c23-19(16-12-22-17-9-5-4-8-15(16)17)20(14-6-2-1-3-7-14)27-21(24)18-13-25-10-11-26-18/h1-9,12-13,20,22H,10-11H2/t20-/m1/s1. The molecular weight excluding hydrogens is 346 g/mol. The molecule has 0 radical (unpaired) electrons. The lowest BCUT2D eigenvalue weighted by Crippen LogP contribution is -2.23. The van der Waals surface area contributed by atoms with Crippen molar-refractivity contribution in [1.82, 2.24) is 4.98 Å². The third kappa shape index (κ3) is 3.42. The van der Waals surface area contributed by atoms with Crippen LogP contribution in [0.3, 0.4) is 0 Å². The van der Waals surface area contributed by atoms with E-state index in [9.17, 15) is 9.59 Å². The number of carbonyl (C=O) groups is 2. The Morgan fingerprint density at radius 1 is 1.00 bits per heavy atom. The minimum atomic E-state index is -1.09. The van der Waals surface area contributed by atoms with Crippen LogP contribution in [-0.2, 0) is 19.0 Å². The van der Waals surface area contributed by atoms with E-state index in [1.54, 1.807) is 30.5 Å². The maximum atomic E-state index is 13.2. The quantitative estimate of drug-likeness (QED) is 0.554. The highest BCUT2D eigenvalue weighted by molar-refractivity contribution is 6.10. The van der Waals surface area contributed by atoms with E-state index >= 15 is 0 Å². The van der Waals surface area contributed by atoms with E-state index in [1.807, 2.05) is 30.3 Å². The van der Waals surface area contributed by atoms with Gasteiger partial charge in [-0.05, 0) is 6.07 Å². The van der Waals surface area contributed by atoms with E-state index < -0.39 is 12.1 Å². The number of fused-ring (bicyclic) bond motifs is 1. The van der Waals surface area contributed by atoms with Gasteiger partial charge in [0.05, 0.1) is 0 Å². The van der Waals surface area contributed by atoms with Crippen molar-refractivity contribution in [3.8, 4) is 0 Å². The molecule has 27 heavy (non-hydrogen) atoms. The van der Waals surface area contributed by atoms with Gasteiger partial charge in [0.1, 0.15) is 19.5 Å². The summed E-state index contributed by atoms with van der Waals surface area (Å²) in [5.41, 5.74) is 1.88. The van der Waals surface area contributed by atoms with Gasteiger partial charge in [-0.25, -0.2) is 4.79 Å². The van der Waals surface area contributed by atoms with Crippen LogP contribution in [0.4, 0.5) is 0 Å². The summed E-state index contributed by atoms with van der Waals surface area (Å²) < 4.78 is 15.9. The predicted octanol–water partition coefficient (Wildman–Crippen LogP) is 3.52. The van der Waals surface area contributed by atoms with Crippen LogP contribution in [0.2, 0.25) is 0 Å². The van der Waals surface area contributed by atoms with Crippen molar-refractivity contribution in [2.45, 2.75) is 6.10 Å². The fourth-order valence-corrected chi connectivity index (χ4v) is 2.96. The number of nitrogens with one attached hydrogen (secondary N) is 1. The van der Waals surface area contributed by atoms with Crippen molar-refractivity contribution in [3.05, 3.63) is 83.9 Å². The number of para-hydroxylation sites is 1. The largest absolute Gasteiger partial charge is 0.493 e. The van der Waals surface area contributed by atoms with Gasteiger partial charge in [-0.3, -0.25) is 4.79 Å². The molecule has 4 rings (SSSR count). The Kier molecular flexibility index (Phi) is 4.61. The second-order valence-corrected chi connectivity index (χ2v) is 6.01. The first-order chi connectivity index (χ1) is 13.2. The molecule has 0 saturated carbocycles. The van der Waals surface area contributed by atoms with Crippen molar-refractivity contribution >= 4 is 22.7 Å². The molecule has 2 aromatic carbocycles. The zero-order valence-corrected chi connectivity index (χ0v) is 14.4. The summed E-state index contributed by atoms with van der Waals surface area (Å²) in [6.45, 7) is 0.625. The van der Waals surface area contributed by atoms with Crippen molar-refractivity contribution < 1.29 is 23.8 Å². The van der Waals surface area contributed by atoms with Crippen molar-refractivity contribution in [3.63, 3.8) is 0 Å². The lowest BCUT2D eigenvalue weighted by Gasteiger charge is -2.19. The minimum absolute atomic E-state index is 0.0473. The van der Waals surface area contributed by atoms with E-state index in [2.05, 4.69) is 4.98 Å². The van der Waals surface area contributed by atoms with Gasteiger partial charge >= 0.3 is 5.97 Å². The van der Waals surface area contributed by atoms with Gasteiger partial charge in [0, 0.05) is 28.2 Å². The maximum Gasteiger partial charge on any atom is 0.377 e. The van der Waals surface area contributed by atoms with Crippen molar-refractivity contribution in [2.24, 2.45) is 0 Å². The molecule has 136 valence electrons. The molecule has 1 aliphatic rings. The van der Waals surface area contributed by atoms with Gasteiger partial charge in [0.2, 0.25) is 11.5 Å². The molecule has 2 heterocycles. The van der Waals surface area contributed by atoms with E-state index in [4.69, 9.17) is 14.2 Å². The highest BCUT2D eigenvalue weighted by Gasteiger charge is 2.30. The van der Waals surface area contributed by atoms with E-state index in [0.29, 0.717) is 17.7 Å². The van der Waals surface area contributed by atoms with Crippen LogP contribution >= 0.6 is 0 Å². The normalized spacial score (nSPS) is 14.6. The second-order valence-electron chi connectivity index (χ2n) is 6.01. The molecule has 0 amide bonds. The molecule has 0 spiro atoms. The van der Waals surface area contributed by atoms with Gasteiger partial charge in [-0.15, -0.1) is 0 Å². The van der Waals surface area contributed by atoms with Crippen LogP contribution in [0.15, 0.2) is 72.8 Å². The third-order valence-corrected chi connectivity index (χ3v) is 4.27. The minimum Gasteiger partial charge on any atom is -0.493 e. The first kappa shape index (κ1) is 16.9. The summed E-state index contributed by atoms with van der Waals surface area (Å²) in [5, 5.41) is 0.774. The summed E-state index contributed by atoms with van der Waals surface area (Å²) in [4.78, 5) is 28.8. The van der Waals surface area contributed by atoms with Crippen molar-refractivity contribution in [1.29, 1.82) is 0 Å². The number of H-pyrrole nitrogens is 1. The highest BCUT2D eigenvalue weighted by Crippen LogP contribution is 2.28. The number of rotatable bonds is 5. The Hall–Kier alpha value is -3.54. The van der Waals surface area contributed by atoms with E-state index in [1.165, 1.54) is 6.26 Å². The second kappa shape index (κ2) is 7.37. The molecular formula is C21H17NO5. The first-order valence-electron chi connectivity index (χ1n) is 8.55. The number of ketones is 1. The van der Waals surface area contributed by atoms with E-state index in [0.717, 1.165) is 10.9 Å². The Morgan fingerprint density at radius 3 is 2.56 bits per heavy atom. The number of aromatic nitrogens is 1. The Balaban J connectivity index is 1.68. The smallest absolute Gasteiger partial charge is 0.377 e. The average Bonchev–Trinajstić information content (AvgIpc) is 3.17. The zero-order valence-electron chi connectivity index (χ0n) is 14.4. The van der Waals surface area contributed by atoms with Gasteiger partial charge in [-0.2, -0.15) is 0 Å². The fourth-order valence-electron chi connectivity index (χ4n) is 2.96.